The quantitative estimate of drug-likeness (QED) is 0.758. The molecule has 1 aromatic carbocycles. The lowest BCUT2D eigenvalue weighted by atomic mass is 9.86. The first kappa shape index (κ1) is 11.5. The summed E-state index contributed by atoms with van der Waals surface area (Å²) in [6, 6.07) is 3.63. The van der Waals surface area contributed by atoms with E-state index in [0.29, 0.717) is 18.2 Å². The van der Waals surface area contributed by atoms with Crippen LogP contribution in [0.3, 0.4) is 0 Å². The van der Waals surface area contributed by atoms with Gasteiger partial charge in [-0.2, -0.15) is 0 Å². The van der Waals surface area contributed by atoms with Crippen LogP contribution in [0.4, 0.5) is 0 Å². The van der Waals surface area contributed by atoms with Crippen LogP contribution in [0, 0.1) is 18.8 Å². The van der Waals surface area contributed by atoms with E-state index in [4.69, 9.17) is 16.3 Å². The minimum atomic E-state index is -0.922. The average Bonchev–Trinajstić information content (AvgIpc) is 2.18. The van der Waals surface area contributed by atoms with Crippen molar-refractivity contribution in [3.8, 4) is 11.8 Å². The summed E-state index contributed by atoms with van der Waals surface area (Å²) in [6.07, 6.45) is 0. The van der Waals surface area contributed by atoms with Gasteiger partial charge in [-0.3, -0.25) is 0 Å². The molecule has 0 amide bonds. The number of hydrogen-bond acceptors (Lipinski definition) is 2. The molecule has 84 valence electrons. The Balaban J connectivity index is 2.60. The number of rotatable bonds is 1. The van der Waals surface area contributed by atoms with Crippen molar-refractivity contribution in [1.82, 2.24) is 0 Å². The Hall–Kier alpha value is -1.01. The maximum absolute atomic E-state index is 10.3. The molecule has 0 aromatic heterocycles. The van der Waals surface area contributed by atoms with E-state index in [1.807, 2.05) is 13.0 Å². The first-order chi connectivity index (χ1) is 7.57. The lowest BCUT2D eigenvalue weighted by Crippen LogP contribution is -2.47. The Kier molecular flexibility index (Phi) is 2.94. The Labute approximate surface area is 100 Å². The van der Waals surface area contributed by atoms with Gasteiger partial charge in [-0.1, -0.05) is 17.5 Å². The Morgan fingerprint density at radius 2 is 2.12 bits per heavy atom. The van der Waals surface area contributed by atoms with Crippen LogP contribution in [0.1, 0.15) is 23.6 Å². The zero-order valence-electron chi connectivity index (χ0n) is 9.30. The van der Waals surface area contributed by atoms with Crippen molar-refractivity contribution in [3.05, 3.63) is 33.8 Å². The summed E-state index contributed by atoms with van der Waals surface area (Å²) in [6.45, 7) is 4.34. The van der Waals surface area contributed by atoms with Crippen LogP contribution in [0.15, 0.2) is 12.1 Å². The summed E-state index contributed by atoms with van der Waals surface area (Å²) >= 11 is 6.01. The van der Waals surface area contributed by atoms with Crippen molar-refractivity contribution in [2.75, 3.05) is 13.2 Å². The topological polar surface area (TPSA) is 29.5 Å². The van der Waals surface area contributed by atoms with E-state index in [9.17, 15) is 5.11 Å². The van der Waals surface area contributed by atoms with Gasteiger partial charge in [0.2, 0.25) is 0 Å². The first-order valence-electron chi connectivity index (χ1n) is 5.10. The molecule has 1 aliphatic rings. The van der Waals surface area contributed by atoms with E-state index in [1.165, 1.54) is 0 Å². The van der Waals surface area contributed by atoms with Gasteiger partial charge in [0.15, 0.2) is 0 Å². The summed E-state index contributed by atoms with van der Waals surface area (Å²) in [5, 5.41) is 10.9. The van der Waals surface area contributed by atoms with Crippen LogP contribution >= 0.6 is 11.6 Å². The molecule has 1 fully saturated rings. The van der Waals surface area contributed by atoms with E-state index in [-0.39, 0.29) is 0 Å². The molecule has 2 nitrogen and oxygen atoms in total. The third-order valence-electron chi connectivity index (χ3n) is 2.73. The maximum atomic E-state index is 10.3. The smallest absolute Gasteiger partial charge is 0.137 e. The minimum absolute atomic E-state index is 0.311. The summed E-state index contributed by atoms with van der Waals surface area (Å²) in [5.41, 5.74) is 1.70. The van der Waals surface area contributed by atoms with E-state index in [1.54, 1.807) is 13.0 Å². The van der Waals surface area contributed by atoms with Crippen LogP contribution in [0.25, 0.3) is 0 Å². The van der Waals surface area contributed by atoms with Crippen molar-refractivity contribution in [2.24, 2.45) is 0 Å². The second-order valence-corrected chi connectivity index (χ2v) is 4.48. The van der Waals surface area contributed by atoms with Gasteiger partial charge in [-0.25, -0.2) is 0 Å². The van der Waals surface area contributed by atoms with E-state index in [2.05, 4.69) is 11.8 Å². The predicted molar refractivity (Wildman–Crippen MR) is 63.5 cm³/mol. The van der Waals surface area contributed by atoms with Crippen molar-refractivity contribution in [2.45, 2.75) is 19.4 Å². The van der Waals surface area contributed by atoms with E-state index in [0.717, 1.165) is 16.7 Å². The highest BCUT2D eigenvalue weighted by molar-refractivity contribution is 6.30. The number of hydrogen-bond donors (Lipinski definition) is 1. The standard InChI is InChI=1S/C13H13ClO2/c1-3-4-11-9(2)5-10(14)6-12(11)13(15)7-16-8-13/h5-6,15H,7-8H2,1-2H3. The second-order valence-electron chi connectivity index (χ2n) is 4.04. The number of aliphatic hydroxyl groups is 1. The highest BCUT2D eigenvalue weighted by Gasteiger charge is 2.40. The molecule has 0 atom stereocenters. The molecule has 1 heterocycles. The molecule has 0 aliphatic carbocycles. The summed E-state index contributed by atoms with van der Waals surface area (Å²) < 4.78 is 5.06. The predicted octanol–water partition coefficient (Wildman–Crippen LogP) is 2.24. The molecule has 1 aromatic rings. The van der Waals surface area contributed by atoms with Gasteiger partial charge < -0.3 is 9.84 Å². The third-order valence-corrected chi connectivity index (χ3v) is 2.95. The zero-order valence-corrected chi connectivity index (χ0v) is 10.1. The summed E-state index contributed by atoms with van der Waals surface area (Å²) in [4.78, 5) is 0. The Morgan fingerprint density at radius 3 is 2.62 bits per heavy atom. The van der Waals surface area contributed by atoms with Gasteiger partial charge in [0.05, 0.1) is 13.2 Å². The van der Waals surface area contributed by atoms with Crippen molar-refractivity contribution >= 4 is 11.6 Å². The molecule has 1 saturated heterocycles. The fraction of sp³-hybridized carbons (Fsp3) is 0.385. The van der Waals surface area contributed by atoms with Crippen LogP contribution in [-0.4, -0.2) is 18.3 Å². The molecule has 16 heavy (non-hydrogen) atoms. The largest absolute Gasteiger partial charge is 0.380 e. The molecular weight excluding hydrogens is 224 g/mol. The van der Waals surface area contributed by atoms with Crippen LogP contribution in [0.2, 0.25) is 5.02 Å². The number of halogens is 1. The van der Waals surface area contributed by atoms with Gasteiger partial charge in [0.1, 0.15) is 5.60 Å². The molecule has 0 bridgehead atoms. The monoisotopic (exact) mass is 236 g/mol. The third kappa shape index (κ3) is 1.82. The van der Waals surface area contributed by atoms with Gasteiger partial charge >= 0.3 is 0 Å². The molecule has 1 aliphatic heterocycles. The summed E-state index contributed by atoms with van der Waals surface area (Å²) in [5.74, 6) is 5.88. The highest BCUT2D eigenvalue weighted by Crippen LogP contribution is 2.34. The molecule has 0 unspecified atom stereocenters. The fourth-order valence-corrected chi connectivity index (χ4v) is 2.12. The summed E-state index contributed by atoms with van der Waals surface area (Å²) in [7, 11) is 0. The lowest BCUT2D eigenvalue weighted by molar-refractivity contribution is -0.184. The molecule has 2 rings (SSSR count). The van der Waals surface area contributed by atoms with E-state index < -0.39 is 5.60 Å². The SMILES string of the molecule is CC#Cc1c(C)cc(Cl)cc1C1(O)COC1. The highest BCUT2D eigenvalue weighted by atomic mass is 35.5. The van der Waals surface area contributed by atoms with Gasteiger partial charge in [-0.15, -0.1) is 5.92 Å². The van der Waals surface area contributed by atoms with Crippen LogP contribution in [0.5, 0.6) is 0 Å². The van der Waals surface area contributed by atoms with Crippen molar-refractivity contribution in [3.63, 3.8) is 0 Å². The number of ether oxygens (including phenoxy) is 1. The van der Waals surface area contributed by atoms with Crippen LogP contribution in [-0.2, 0) is 10.3 Å². The van der Waals surface area contributed by atoms with E-state index >= 15 is 0 Å². The molecular formula is C13H13ClO2. The lowest BCUT2D eigenvalue weighted by Gasteiger charge is -2.37. The average molecular weight is 237 g/mol. The number of benzene rings is 1. The Morgan fingerprint density at radius 1 is 1.44 bits per heavy atom. The van der Waals surface area contributed by atoms with Crippen molar-refractivity contribution in [1.29, 1.82) is 0 Å². The van der Waals surface area contributed by atoms with Gasteiger partial charge in [0, 0.05) is 16.1 Å². The molecule has 0 radical (unpaired) electrons. The molecule has 0 spiro atoms. The van der Waals surface area contributed by atoms with Gasteiger partial charge in [0.25, 0.3) is 0 Å². The molecule has 1 N–H and O–H groups in total. The van der Waals surface area contributed by atoms with Crippen LogP contribution < -0.4 is 0 Å². The second kappa shape index (κ2) is 4.10. The van der Waals surface area contributed by atoms with Gasteiger partial charge in [-0.05, 0) is 31.5 Å². The Bertz CT molecular complexity index is 479. The number of aryl methyl sites for hydroxylation is 1. The fourth-order valence-electron chi connectivity index (χ4n) is 1.85. The zero-order chi connectivity index (χ0) is 11.8. The maximum Gasteiger partial charge on any atom is 0.137 e. The first-order valence-corrected chi connectivity index (χ1v) is 5.48. The normalized spacial score (nSPS) is 17.2. The minimum Gasteiger partial charge on any atom is -0.380 e. The van der Waals surface area contributed by atoms with Crippen molar-refractivity contribution < 1.29 is 9.84 Å². The molecule has 0 saturated carbocycles. The molecule has 3 heteroatoms.